The maximum atomic E-state index is 10.8. The molecule has 0 spiro atoms. The van der Waals surface area contributed by atoms with E-state index in [1.54, 1.807) is 19.9 Å². The summed E-state index contributed by atoms with van der Waals surface area (Å²) in [5.41, 5.74) is 14.0. The first kappa shape index (κ1) is 17.1. The number of nitrogens with two attached hydrogens (primary N) is 2. The van der Waals surface area contributed by atoms with Gasteiger partial charge in [0.25, 0.3) is 0 Å². The van der Waals surface area contributed by atoms with Crippen molar-refractivity contribution in [2.45, 2.75) is 13.8 Å². The lowest BCUT2D eigenvalue weighted by atomic mass is 9.95. The largest absolute Gasteiger partial charge is 0.492 e. The maximum Gasteiger partial charge on any atom is 0.328 e. The molecular weight excluding hydrogens is 288 g/mol. The van der Waals surface area contributed by atoms with Crippen molar-refractivity contribution in [1.82, 2.24) is 0 Å². The number of methoxy groups -OCH3 is 1. The van der Waals surface area contributed by atoms with Gasteiger partial charge in [0.1, 0.15) is 0 Å². The lowest BCUT2D eigenvalue weighted by Crippen LogP contribution is -2.05. The average molecular weight is 306 g/mol. The summed E-state index contributed by atoms with van der Waals surface area (Å²) in [5, 5.41) is 17.7. The van der Waals surface area contributed by atoms with Gasteiger partial charge in [0.05, 0.1) is 18.5 Å². The molecular formula is C15H18N2O5. The predicted octanol–water partition coefficient (Wildman–Crippen LogP) is 1.84. The zero-order chi connectivity index (χ0) is 17.0. The van der Waals surface area contributed by atoms with Crippen LogP contribution >= 0.6 is 0 Å². The number of rotatable bonds is 5. The first-order valence-corrected chi connectivity index (χ1v) is 6.28. The second-order valence-electron chi connectivity index (χ2n) is 4.66. The van der Waals surface area contributed by atoms with E-state index in [2.05, 4.69) is 0 Å². The summed E-state index contributed by atoms with van der Waals surface area (Å²) in [6.07, 6.45) is 2.00. The van der Waals surface area contributed by atoms with E-state index in [1.165, 1.54) is 7.11 Å². The Morgan fingerprint density at radius 1 is 1.00 bits per heavy atom. The van der Waals surface area contributed by atoms with E-state index >= 15 is 0 Å². The minimum absolute atomic E-state index is 0.184. The monoisotopic (exact) mass is 306 g/mol. The molecule has 0 amide bonds. The van der Waals surface area contributed by atoms with Crippen LogP contribution < -0.4 is 16.2 Å². The molecule has 0 bridgehead atoms. The number of allylic oxidation sites excluding steroid dienone is 2. The van der Waals surface area contributed by atoms with Crippen molar-refractivity contribution in [3.05, 3.63) is 29.3 Å². The zero-order valence-electron chi connectivity index (χ0n) is 12.5. The van der Waals surface area contributed by atoms with Gasteiger partial charge >= 0.3 is 11.9 Å². The predicted molar refractivity (Wildman–Crippen MR) is 84.4 cm³/mol. The highest BCUT2D eigenvalue weighted by molar-refractivity contribution is 5.97. The van der Waals surface area contributed by atoms with Gasteiger partial charge < -0.3 is 26.4 Å². The molecule has 7 nitrogen and oxygen atoms in total. The Kier molecular flexibility index (Phi) is 5.18. The van der Waals surface area contributed by atoms with Crippen LogP contribution in [0, 0.1) is 0 Å². The van der Waals surface area contributed by atoms with Crippen LogP contribution in [0.15, 0.2) is 18.2 Å². The van der Waals surface area contributed by atoms with Crippen molar-refractivity contribution in [3.63, 3.8) is 0 Å². The quantitative estimate of drug-likeness (QED) is 0.481. The standard InChI is InChI=1S/C15H18N2O5/c1-7(4-11(18)19)9-6-10(8(2)5-12(20)21)14(17)15(22-3)13(9)16/h4-6H,16-17H2,1-3H3,(H,18,19)(H,20,21)/b7-4-,8-5-. The van der Waals surface area contributed by atoms with Gasteiger partial charge in [-0.1, -0.05) is 0 Å². The number of carboxylic acids is 2. The van der Waals surface area contributed by atoms with Crippen molar-refractivity contribution in [2.24, 2.45) is 0 Å². The number of nitrogen functional groups attached to an aromatic ring is 2. The number of anilines is 2. The fourth-order valence-corrected chi connectivity index (χ4v) is 2.09. The van der Waals surface area contributed by atoms with E-state index in [0.717, 1.165) is 12.2 Å². The molecule has 0 aliphatic heterocycles. The lowest BCUT2D eigenvalue weighted by molar-refractivity contribution is -0.132. The van der Waals surface area contributed by atoms with Crippen LogP contribution in [0.25, 0.3) is 11.1 Å². The van der Waals surface area contributed by atoms with Crippen LogP contribution in [-0.2, 0) is 9.59 Å². The molecule has 0 saturated heterocycles. The third kappa shape index (κ3) is 3.57. The number of benzene rings is 1. The summed E-state index contributed by atoms with van der Waals surface area (Å²) in [5.74, 6) is -2.05. The number of aliphatic carboxylic acids is 2. The second kappa shape index (κ2) is 6.66. The molecule has 0 aromatic heterocycles. The van der Waals surface area contributed by atoms with Crippen molar-refractivity contribution in [3.8, 4) is 5.75 Å². The summed E-state index contributed by atoms with van der Waals surface area (Å²) >= 11 is 0. The van der Waals surface area contributed by atoms with Crippen LogP contribution in [0.3, 0.4) is 0 Å². The highest BCUT2D eigenvalue weighted by Gasteiger charge is 2.17. The zero-order valence-corrected chi connectivity index (χ0v) is 12.5. The van der Waals surface area contributed by atoms with E-state index in [0.29, 0.717) is 22.3 Å². The Bertz CT molecular complexity index is 635. The minimum Gasteiger partial charge on any atom is -0.492 e. The molecule has 1 rings (SSSR count). The van der Waals surface area contributed by atoms with Crippen molar-refractivity contribution < 1.29 is 24.5 Å². The third-order valence-corrected chi connectivity index (χ3v) is 3.09. The van der Waals surface area contributed by atoms with Gasteiger partial charge in [-0.2, -0.15) is 0 Å². The molecule has 0 aliphatic rings. The maximum absolute atomic E-state index is 10.8. The van der Waals surface area contributed by atoms with Crippen LogP contribution in [0.5, 0.6) is 5.75 Å². The lowest BCUT2D eigenvalue weighted by Gasteiger charge is -2.17. The highest BCUT2D eigenvalue weighted by Crippen LogP contribution is 2.40. The Hall–Kier alpha value is -2.96. The third-order valence-electron chi connectivity index (χ3n) is 3.09. The Morgan fingerprint density at radius 3 is 1.64 bits per heavy atom. The van der Waals surface area contributed by atoms with Gasteiger partial charge in [0, 0.05) is 23.3 Å². The molecule has 22 heavy (non-hydrogen) atoms. The van der Waals surface area contributed by atoms with Gasteiger partial charge in [0.15, 0.2) is 5.75 Å². The first-order valence-electron chi connectivity index (χ1n) is 6.28. The average Bonchev–Trinajstić information content (AvgIpc) is 2.37. The fraction of sp³-hybridized carbons (Fsp3) is 0.200. The van der Waals surface area contributed by atoms with E-state index in [-0.39, 0.29) is 17.1 Å². The Morgan fingerprint density at radius 2 is 1.36 bits per heavy atom. The van der Waals surface area contributed by atoms with Crippen LogP contribution in [0.2, 0.25) is 0 Å². The number of carbonyl (C=O) groups is 2. The summed E-state index contributed by atoms with van der Waals surface area (Å²) in [6.45, 7) is 3.16. The number of carboxylic acid groups (broad SMARTS) is 2. The first-order chi connectivity index (χ1) is 10.2. The SMILES string of the molecule is COc1c(N)c(/C(C)=C\C(=O)O)cc(/C(C)=C\C(=O)O)c1N. The Balaban J connectivity index is 3.68. The normalized spacial score (nSPS) is 12.1. The molecule has 7 heteroatoms. The highest BCUT2D eigenvalue weighted by atomic mass is 16.5. The molecule has 0 saturated carbocycles. The molecule has 0 aliphatic carbocycles. The molecule has 0 heterocycles. The molecule has 0 radical (unpaired) electrons. The second-order valence-corrected chi connectivity index (χ2v) is 4.66. The van der Waals surface area contributed by atoms with Crippen molar-refractivity contribution in [2.75, 3.05) is 18.6 Å². The summed E-state index contributed by atoms with van der Waals surface area (Å²) in [7, 11) is 1.38. The number of ether oxygens (including phenoxy) is 1. The van der Waals surface area contributed by atoms with Gasteiger partial charge in [-0.25, -0.2) is 9.59 Å². The Labute approximate surface area is 127 Å². The van der Waals surface area contributed by atoms with E-state index in [9.17, 15) is 9.59 Å². The van der Waals surface area contributed by atoms with E-state index in [1.807, 2.05) is 0 Å². The topological polar surface area (TPSA) is 136 Å². The van der Waals surface area contributed by atoms with Crippen LogP contribution in [-0.4, -0.2) is 29.3 Å². The van der Waals surface area contributed by atoms with Gasteiger partial charge in [-0.15, -0.1) is 0 Å². The van der Waals surface area contributed by atoms with Crippen LogP contribution in [0.1, 0.15) is 25.0 Å². The minimum atomic E-state index is -1.12. The molecule has 6 N–H and O–H groups in total. The molecule has 0 unspecified atom stereocenters. The number of hydrogen-bond donors (Lipinski definition) is 4. The van der Waals surface area contributed by atoms with Gasteiger partial charge in [-0.05, 0) is 31.1 Å². The molecule has 0 atom stereocenters. The van der Waals surface area contributed by atoms with Crippen LogP contribution in [0.4, 0.5) is 11.4 Å². The summed E-state index contributed by atoms with van der Waals surface area (Å²) < 4.78 is 5.17. The van der Waals surface area contributed by atoms with Crippen molar-refractivity contribution >= 4 is 34.5 Å². The summed E-state index contributed by atoms with van der Waals surface area (Å²) in [6, 6.07) is 1.55. The van der Waals surface area contributed by atoms with Gasteiger partial charge in [0.2, 0.25) is 0 Å². The smallest absolute Gasteiger partial charge is 0.328 e. The number of hydrogen-bond acceptors (Lipinski definition) is 5. The van der Waals surface area contributed by atoms with Gasteiger partial charge in [-0.3, -0.25) is 0 Å². The molecule has 1 aromatic rings. The van der Waals surface area contributed by atoms with E-state index < -0.39 is 11.9 Å². The molecule has 1 aromatic carbocycles. The van der Waals surface area contributed by atoms with E-state index in [4.69, 9.17) is 26.4 Å². The summed E-state index contributed by atoms with van der Waals surface area (Å²) in [4.78, 5) is 21.6. The fourth-order valence-electron chi connectivity index (χ4n) is 2.09. The van der Waals surface area contributed by atoms with Crippen molar-refractivity contribution in [1.29, 1.82) is 0 Å². The molecule has 0 fully saturated rings. The molecule has 118 valence electrons.